The minimum absolute atomic E-state index is 0.0743. The zero-order chi connectivity index (χ0) is 16.9. The number of carbonyl (C=O) groups is 1. The van der Waals surface area contributed by atoms with E-state index < -0.39 is 10.0 Å². The number of nitrogens with one attached hydrogen (secondary N) is 1. The first-order chi connectivity index (χ1) is 10.9. The number of H-pyrrole nitrogens is 1. The highest BCUT2D eigenvalue weighted by molar-refractivity contribution is 7.89. The third kappa shape index (κ3) is 4.78. The predicted octanol–water partition coefficient (Wildman–Crippen LogP) is 1.21. The molecule has 23 heavy (non-hydrogen) atoms. The minimum atomic E-state index is -3.16. The number of sulfonamides is 1. The Morgan fingerprint density at radius 2 is 2.13 bits per heavy atom. The quantitative estimate of drug-likeness (QED) is 0.807. The van der Waals surface area contributed by atoms with Crippen LogP contribution in [0.2, 0.25) is 0 Å². The highest BCUT2D eigenvalue weighted by Gasteiger charge is 2.31. The van der Waals surface area contributed by atoms with Crippen LogP contribution in [0.3, 0.4) is 0 Å². The lowest BCUT2D eigenvalue weighted by Crippen LogP contribution is -2.44. The number of hydrogen-bond donors (Lipinski definition) is 1. The lowest BCUT2D eigenvalue weighted by atomic mass is 9.96. The van der Waals surface area contributed by atoms with Crippen LogP contribution in [0, 0.1) is 5.92 Å². The number of carbonyl (C=O) groups excluding carboxylic acids is 1. The van der Waals surface area contributed by atoms with Gasteiger partial charge in [-0.05, 0) is 25.3 Å². The number of aromatic nitrogens is 2. The molecular formula is C15H26N4O3S. The van der Waals surface area contributed by atoms with Gasteiger partial charge in [-0.25, -0.2) is 12.7 Å². The molecule has 7 nitrogen and oxygen atoms in total. The van der Waals surface area contributed by atoms with Gasteiger partial charge in [0.1, 0.15) is 0 Å². The van der Waals surface area contributed by atoms with E-state index >= 15 is 0 Å². The number of unbranched alkanes of at least 4 members (excludes halogenated alkanes) is 1. The van der Waals surface area contributed by atoms with Gasteiger partial charge in [-0.2, -0.15) is 5.10 Å². The molecule has 0 atom stereocenters. The van der Waals surface area contributed by atoms with E-state index in [2.05, 4.69) is 10.2 Å². The average Bonchev–Trinajstić information content (AvgIpc) is 3.05. The van der Waals surface area contributed by atoms with Crippen molar-refractivity contribution >= 4 is 15.9 Å². The Morgan fingerprint density at radius 1 is 1.43 bits per heavy atom. The molecule has 0 aliphatic carbocycles. The Kier molecular flexibility index (Phi) is 6.17. The van der Waals surface area contributed by atoms with Gasteiger partial charge in [-0.3, -0.25) is 9.89 Å². The van der Waals surface area contributed by atoms with Crippen molar-refractivity contribution in [2.75, 3.05) is 25.9 Å². The van der Waals surface area contributed by atoms with Gasteiger partial charge in [0.15, 0.2) is 0 Å². The first kappa shape index (κ1) is 17.9. The smallest absolute Gasteiger partial charge is 0.225 e. The van der Waals surface area contributed by atoms with Crippen LogP contribution in [0.5, 0.6) is 0 Å². The monoisotopic (exact) mass is 342 g/mol. The third-order valence-corrected chi connectivity index (χ3v) is 6.25. The van der Waals surface area contributed by atoms with E-state index in [0.29, 0.717) is 38.9 Å². The molecule has 2 rings (SSSR count). The van der Waals surface area contributed by atoms with Crippen LogP contribution >= 0.6 is 0 Å². The molecule has 1 aliphatic rings. The molecule has 1 saturated heterocycles. The van der Waals surface area contributed by atoms with Crippen molar-refractivity contribution in [3.8, 4) is 0 Å². The van der Waals surface area contributed by atoms with Crippen LogP contribution < -0.4 is 0 Å². The Morgan fingerprint density at radius 3 is 2.70 bits per heavy atom. The van der Waals surface area contributed by atoms with E-state index in [1.807, 2.05) is 13.0 Å². The largest absolute Gasteiger partial charge is 0.340 e. The molecule has 130 valence electrons. The van der Waals surface area contributed by atoms with Crippen LogP contribution in [0.1, 0.15) is 38.3 Å². The lowest BCUT2D eigenvalue weighted by molar-refractivity contribution is -0.136. The number of nitrogens with zero attached hydrogens (tertiary/aromatic N) is 3. The fraction of sp³-hybridized carbons (Fsp3) is 0.733. The van der Waals surface area contributed by atoms with Gasteiger partial charge in [0.25, 0.3) is 0 Å². The van der Waals surface area contributed by atoms with Crippen LogP contribution in [-0.2, 0) is 21.4 Å². The molecule has 1 aromatic heterocycles. The maximum Gasteiger partial charge on any atom is 0.225 e. The molecule has 1 amide bonds. The number of rotatable bonds is 7. The van der Waals surface area contributed by atoms with E-state index in [1.165, 1.54) is 0 Å². The summed E-state index contributed by atoms with van der Waals surface area (Å²) in [7, 11) is -1.39. The first-order valence-corrected chi connectivity index (χ1v) is 9.76. The van der Waals surface area contributed by atoms with Gasteiger partial charge in [-0.1, -0.05) is 13.3 Å². The van der Waals surface area contributed by atoms with E-state index in [1.54, 1.807) is 22.4 Å². The fourth-order valence-corrected chi connectivity index (χ4v) is 4.53. The zero-order valence-corrected chi connectivity index (χ0v) is 14.7. The van der Waals surface area contributed by atoms with Gasteiger partial charge >= 0.3 is 0 Å². The summed E-state index contributed by atoms with van der Waals surface area (Å²) in [5, 5.41) is 6.71. The number of amides is 1. The van der Waals surface area contributed by atoms with Crippen molar-refractivity contribution in [1.82, 2.24) is 19.4 Å². The second kappa shape index (κ2) is 7.92. The number of aromatic amines is 1. The van der Waals surface area contributed by atoms with Gasteiger partial charge in [0.2, 0.25) is 15.9 Å². The topological polar surface area (TPSA) is 86.4 Å². The molecule has 1 fully saturated rings. The van der Waals surface area contributed by atoms with Crippen LogP contribution in [0.25, 0.3) is 0 Å². The molecular weight excluding hydrogens is 316 g/mol. The van der Waals surface area contributed by atoms with Gasteiger partial charge in [0, 0.05) is 32.3 Å². The maximum absolute atomic E-state index is 12.5. The van der Waals surface area contributed by atoms with Crippen molar-refractivity contribution < 1.29 is 13.2 Å². The summed E-state index contributed by atoms with van der Waals surface area (Å²) >= 11 is 0. The summed E-state index contributed by atoms with van der Waals surface area (Å²) in [6.45, 7) is 3.37. The highest BCUT2D eigenvalue weighted by atomic mass is 32.2. The van der Waals surface area contributed by atoms with Crippen molar-refractivity contribution in [2.45, 2.75) is 39.2 Å². The van der Waals surface area contributed by atoms with Gasteiger partial charge in [-0.15, -0.1) is 0 Å². The second-order valence-corrected chi connectivity index (χ2v) is 8.21. The summed E-state index contributed by atoms with van der Waals surface area (Å²) in [6, 6.07) is 1.84. The van der Waals surface area contributed by atoms with E-state index in [-0.39, 0.29) is 17.6 Å². The SMILES string of the molecule is CCCCS(=O)(=O)N1CCC(C(=O)N(C)Cc2ccn[nH]2)CC1. The summed E-state index contributed by atoms with van der Waals surface area (Å²) < 4.78 is 25.9. The van der Waals surface area contributed by atoms with Crippen molar-refractivity contribution in [3.63, 3.8) is 0 Å². The zero-order valence-electron chi connectivity index (χ0n) is 13.9. The van der Waals surface area contributed by atoms with Crippen molar-refractivity contribution in [3.05, 3.63) is 18.0 Å². The van der Waals surface area contributed by atoms with Gasteiger partial charge < -0.3 is 4.90 Å². The average molecular weight is 342 g/mol. The van der Waals surface area contributed by atoms with E-state index in [0.717, 1.165) is 12.1 Å². The number of piperidine rings is 1. The Labute approximate surface area is 138 Å². The summed E-state index contributed by atoms with van der Waals surface area (Å²) in [5.41, 5.74) is 0.889. The Balaban J connectivity index is 1.85. The molecule has 0 spiro atoms. The van der Waals surface area contributed by atoms with Crippen LogP contribution in [-0.4, -0.2) is 59.6 Å². The van der Waals surface area contributed by atoms with Gasteiger partial charge in [0.05, 0.1) is 18.0 Å². The molecule has 0 saturated carbocycles. The maximum atomic E-state index is 12.5. The summed E-state index contributed by atoms with van der Waals surface area (Å²) in [4.78, 5) is 14.2. The van der Waals surface area contributed by atoms with E-state index in [9.17, 15) is 13.2 Å². The molecule has 0 unspecified atom stereocenters. The highest BCUT2D eigenvalue weighted by Crippen LogP contribution is 2.22. The normalized spacial score (nSPS) is 17.3. The van der Waals surface area contributed by atoms with Crippen LogP contribution in [0.4, 0.5) is 0 Å². The van der Waals surface area contributed by atoms with E-state index in [4.69, 9.17) is 0 Å². The molecule has 0 aromatic carbocycles. The lowest BCUT2D eigenvalue weighted by Gasteiger charge is -2.32. The predicted molar refractivity (Wildman–Crippen MR) is 88.1 cm³/mol. The summed E-state index contributed by atoms with van der Waals surface area (Å²) in [5.74, 6) is 0.188. The first-order valence-electron chi connectivity index (χ1n) is 8.15. The second-order valence-electron chi connectivity index (χ2n) is 6.12. The molecule has 1 aliphatic heterocycles. The van der Waals surface area contributed by atoms with Crippen LogP contribution in [0.15, 0.2) is 12.3 Å². The Bertz CT molecular complexity index is 592. The minimum Gasteiger partial charge on any atom is -0.340 e. The molecule has 2 heterocycles. The number of hydrogen-bond acceptors (Lipinski definition) is 4. The fourth-order valence-electron chi connectivity index (χ4n) is 2.85. The molecule has 0 bridgehead atoms. The Hall–Kier alpha value is -1.41. The standard InChI is InChI=1S/C15H26N4O3S/c1-3-4-11-23(21,22)19-9-6-13(7-10-19)15(20)18(2)12-14-5-8-16-17-14/h5,8,13H,3-4,6-7,9-12H2,1-2H3,(H,16,17). The third-order valence-electron chi connectivity index (χ3n) is 4.29. The van der Waals surface area contributed by atoms with Crippen molar-refractivity contribution in [1.29, 1.82) is 0 Å². The molecule has 1 N–H and O–H groups in total. The molecule has 0 radical (unpaired) electrons. The summed E-state index contributed by atoms with van der Waals surface area (Å²) in [6.07, 6.45) is 4.41. The van der Waals surface area contributed by atoms with Crippen molar-refractivity contribution in [2.24, 2.45) is 5.92 Å². The molecule has 8 heteroatoms. The molecule has 1 aromatic rings.